The zero-order valence-corrected chi connectivity index (χ0v) is 18.4. The molecule has 0 fully saturated rings. The van der Waals surface area contributed by atoms with E-state index in [2.05, 4.69) is 20.9 Å². The standard InChI is InChI=1S/C16H21Cl2N5O2.HI/c1-3-19-16(22-10-11-9-12(17)14(18)23(11)2)21-7-6-20-15(24)13-5-4-8-25-13;/h4-5,8-9H,3,6-7,10H2,1-2H3,(H,20,24)(H2,19,21,22);1H. The van der Waals surface area contributed by atoms with E-state index in [-0.39, 0.29) is 35.6 Å². The van der Waals surface area contributed by atoms with Crippen LogP contribution in [0.4, 0.5) is 0 Å². The summed E-state index contributed by atoms with van der Waals surface area (Å²) >= 11 is 12.1. The first-order chi connectivity index (χ1) is 12.0. The maximum absolute atomic E-state index is 11.8. The fraction of sp³-hybridized carbons (Fsp3) is 0.375. The van der Waals surface area contributed by atoms with Crippen LogP contribution in [0.3, 0.4) is 0 Å². The van der Waals surface area contributed by atoms with E-state index in [0.717, 1.165) is 12.2 Å². The maximum atomic E-state index is 11.8. The van der Waals surface area contributed by atoms with Gasteiger partial charge in [-0.2, -0.15) is 0 Å². The van der Waals surface area contributed by atoms with Crippen molar-refractivity contribution >= 4 is 59.0 Å². The molecule has 144 valence electrons. The van der Waals surface area contributed by atoms with Crippen LogP contribution >= 0.6 is 47.2 Å². The van der Waals surface area contributed by atoms with Crippen LogP contribution < -0.4 is 16.0 Å². The highest BCUT2D eigenvalue weighted by atomic mass is 127. The Kier molecular flexibility index (Phi) is 9.89. The lowest BCUT2D eigenvalue weighted by Gasteiger charge is -2.11. The second-order valence-corrected chi connectivity index (χ2v) is 5.95. The number of amides is 1. The summed E-state index contributed by atoms with van der Waals surface area (Å²) in [7, 11) is 1.84. The number of carbonyl (C=O) groups is 1. The van der Waals surface area contributed by atoms with Crippen LogP contribution in [-0.2, 0) is 13.6 Å². The van der Waals surface area contributed by atoms with Gasteiger partial charge in [-0.3, -0.25) is 4.79 Å². The Balaban J connectivity index is 0.00000338. The average Bonchev–Trinajstić information content (AvgIpc) is 3.21. The largest absolute Gasteiger partial charge is 0.459 e. The van der Waals surface area contributed by atoms with Gasteiger partial charge in [-0.25, -0.2) is 4.99 Å². The molecule has 0 spiro atoms. The Hall–Kier alpha value is -1.39. The van der Waals surface area contributed by atoms with Gasteiger partial charge in [0, 0.05) is 32.4 Å². The van der Waals surface area contributed by atoms with Crippen LogP contribution in [-0.4, -0.2) is 36.1 Å². The second kappa shape index (κ2) is 11.3. The minimum absolute atomic E-state index is 0. The van der Waals surface area contributed by atoms with Gasteiger partial charge in [-0.05, 0) is 25.1 Å². The van der Waals surface area contributed by atoms with Crippen molar-refractivity contribution in [2.75, 3.05) is 19.6 Å². The molecule has 0 unspecified atom stereocenters. The van der Waals surface area contributed by atoms with Gasteiger partial charge < -0.3 is 24.9 Å². The third-order valence-electron chi connectivity index (χ3n) is 3.41. The summed E-state index contributed by atoms with van der Waals surface area (Å²) in [5.74, 6) is 0.683. The molecule has 2 heterocycles. The highest BCUT2D eigenvalue weighted by Crippen LogP contribution is 2.25. The van der Waals surface area contributed by atoms with E-state index in [1.807, 2.05) is 14.0 Å². The third-order valence-corrected chi connectivity index (χ3v) is 4.25. The third kappa shape index (κ3) is 6.40. The highest BCUT2D eigenvalue weighted by molar-refractivity contribution is 14.0. The molecule has 1 amide bonds. The van der Waals surface area contributed by atoms with Gasteiger partial charge in [0.15, 0.2) is 11.7 Å². The van der Waals surface area contributed by atoms with E-state index in [0.29, 0.717) is 35.8 Å². The van der Waals surface area contributed by atoms with Gasteiger partial charge in [0.1, 0.15) is 5.15 Å². The zero-order chi connectivity index (χ0) is 18.2. The summed E-state index contributed by atoms with van der Waals surface area (Å²) in [4.78, 5) is 16.2. The number of nitrogens with one attached hydrogen (secondary N) is 3. The molecule has 3 N–H and O–H groups in total. The van der Waals surface area contributed by atoms with Gasteiger partial charge in [0.2, 0.25) is 0 Å². The van der Waals surface area contributed by atoms with Crippen LogP contribution in [0.2, 0.25) is 10.2 Å². The predicted octanol–water partition coefficient (Wildman–Crippen LogP) is 3.03. The van der Waals surface area contributed by atoms with Gasteiger partial charge in [-0.15, -0.1) is 24.0 Å². The molecule has 0 aliphatic heterocycles. The van der Waals surface area contributed by atoms with E-state index >= 15 is 0 Å². The van der Waals surface area contributed by atoms with Crippen molar-refractivity contribution in [1.82, 2.24) is 20.5 Å². The van der Waals surface area contributed by atoms with Crippen molar-refractivity contribution in [3.8, 4) is 0 Å². The number of halogens is 3. The zero-order valence-electron chi connectivity index (χ0n) is 14.5. The molecule has 2 aromatic heterocycles. The van der Waals surface area contributed by atoms with Crippen molar-refractivity contribution in [2.24, 2.45) is 12.0 Å². The molecule has 26 heavy (non-hydrogen) atoms. The number of aliphatic imine (C=N–C) groups is 1. The van der Waals surface area contributed by atoms with Crippen LogP contribution in [0.15, 0.2) is 33.9 Å². The van der Waals surface area contributed by atoms with E-state index < -0.39 is 0 Å². The van der Waals surface area contributed by atoms with Crippen LogP contribution in [0.1, 0.15) is 23.2 Å². The smallest absolute Gasteiger partial charge is 0.287 e. The van der Waals surface area contributed by atoms with Crippen molar-refractivity contribution < 1.29 is 9.21 Å². The number of furan rings is 1. The van der Waals surface area contributed by atoms with Crippen molar-refractivity contribution in [1.29, 1.82) is 0 Å². The number of hydrogen-bond donors (Lipinski definition) is 3. The Labute approximate surface area is 179 Å². The van der Waals surface area contributed by atoms with Gasteiger partial charge in [-0.1, -0.05) is 23.2 Å². The van der Waals surface area contributed by atoms with Crippen LogP contribution in [0, 0.1) is 0 Å². The molecule has 0 radical (unpaired) electrons. The Morgan fingerprint density at radius 1 is 1.27 bits per heavy atom. The highest BCUT2D eigenvalue weighted by Gasteiger charge is 2.09. The molecular weight excluding hydrogens is 492 g/mol. The van der Waals surface area contributed by atoms with Crippen molar-refractivity contribution in [3.63, 3.8) is 0 Å². The molecule has 2 aromatic rings. The minimum Gasteiger partial charge on any atom is -0.459 e. The van der Waals surface area contributed by atoms with Crippen molar-refractivity contribution in [2.45, 2.75) is 13.5 Å². The predicted molar refractivity (Wildman–Crippen MR) is 115 cm³/mol. The quantitative estimate of drug-likeness (QED) is 0.230. The molecule has 0 aromatic carbocycles. The van der Waals surface area contributed by atoms with Crippen molar-refractivity contribution in [3.05, 3.63) is 46.1 Å². The Morgan fingerprint density at radius 3 is 2.58 bits per heavy atom. The molecule has 0 atom stereocenters. The number of carbonyl (C=O) groups excluding carboxylic acids is 1. The molecule has 2 rings (SSSR count). The summed E-state index contributed by atoms with van der Waals surface area (Å²) in [6, 6.07) is 5.08. The van der Waals surface area contributed by atoms with Gasteiger partial charge in [0.25, 0.3) is 5.91 Å². The van der Waals surface area contributed by atoms with E-state index in [9.17, 15) is 4.79 Å². The molecule has 0 aliphatic carbocycles. The normalized spacial score (nSPS) is 11.0. The van der Waals surface area contributed by atoms with E-state index in [4.69, 9.17) is 27.6 Å². The Bertz CT molecular complexity index is 731. The van der Waals surface area contributed by atoms with Gasteiger partial charge >= 0.3 is 0 Å². The number of guanidine groups is 1. The Morgan fingerprint density at radius 2 is 2.00 bits per heavy atom. The van der Waals surface area contributed by atoms with Crippen LogP contribution in [0.5, 0.6) is 0 Å². The lowest BCUT2D eigenvalue weighted by atomic mass is 10.4. The second-order valence-electron chi connectivity index (χ2n) is 5.19. The summed E-state index contributed by atoms with van der Waals surface area (Å²) in [6.07, 6.45) is 1.46. The van der Waals surface area contributed by atoms with E-state index in [1.165, 1.54) is 6.26 Å². The molecular formula is C16H22Cl2IN5O2. The first-order valence-corrected chi connectivity index (χ1v) is 8.62. The summed E-state index contributed by atoms with van der Waals surface area (Å²) in [5.41, 5.74) is 0.901. The minimum atomic E-state index is -0.248. The average molecular weight is 514 g/mol. The topological polar surface area (TPSA) is 83.6 Å². The number of nitrogens with zero attached hydrogens (tertiary/aromatic N) is 2. The summed E-state index contributed by atoms with van der Waals surface area (Å²) < 4.78 is 6.82. The van der Waals surface area contributed by atoms with Gasteiger partial charge in [0.05, 0.1) is 17.8 Å². The lowest BCUT2D eigenvalue weighted by molar-refractivity contribution is 0.0926. The molecule has 0 saturated heterocycles. The SMILES string of the molecule is CCNC(=NCc1cc(Cl)c(Cl)n1C)NCCNC(=O)c1ccco1.I. The molecule has 10 heteroatoms. The van der Waals surface area contributed by atoms with Crippen LogP contribution in [0.25, 0.3) is 0 Å². The fourth-order valence-corrected chi connectivity index (χ4v) is 2.51. The molecule has 7 nitrogen and oxygen atoms in total. The molecule has 0 saturated carbocycles. The summed E-state index contributed by atoms with van der Waals surface area (Å²) in [6.45, 7) is 4.08. The fourth-order valence-electron chi connectivity index (χ4n) is 2.09. The molecule has 0 bridgehead atoms. The monoisotopic (exact) mass is 513 g/mol. The number of rotatable bonds is 7. The first kappa shape index (κ1) is 22.7. The number of hydrogen-bond acceptors (Lipinski definition) is 3. The number of aromatic nitrogens is 1. The first-order valence-electron chi connectivity index (χ1n) is 7.86. The molecule has 0 aliphatic rings. The lowest BCUT2D eigenvalue weighted by Crippen LogP contribution is -2.41. The van der Waals surface area contributed by atoms with E-state index in [1.54, 1.807) is 22.8 Å². The maximum Gasteiger partial charge on any atom is 0.287 e. The summed E-state index contributed by atoms with van der Waals surface area (Å²) in [5, 5.41) is 10.1.